The molecule has 3 amide bonds. The lowest BCUT2D eigenvalue weighted by Gasteiger charge is -2.25. The van der Waals surface area contributed by atoms with Crippen molar-refractivity contribution in [3.63, 3.8) is 0 Å². The summed E-state index contributed by atoms with van der Waals surface area (Å²) in [6.07, 6.45) is 4.16. The van der Waals surface area contributed by atoms with E-state index in [1.165, 1.54) is 14.2 Å². The number of methoxy groups -OCH3 is 4. The zero-order valence-electron chi connectivity index (χ0n) is 35.4. The fourth-order valence-electron chi connectivity index (χ4n) is 6.31. The van der Waals surface area contributed by atoms with Gasteiger partial charge < -0.3 is 40.6 Å². The maximum absolute atomic E-state index is 12.7. The van der Waals surface area contributed by atoms with Crippen molar-refractivity contribution in [2.45, 2.75) is 44.9 Å². The Morgan fingerprint density at radius 2 is 1.10 bits per heavy atom. The molecule has 0 bridgehead atoms. The molecule has 0 saturated carbocycles. The minimum absolute atomic E-state index is 0.0914. The van der Waals surface area contributed by atoms with Gasteiger partial charge >= 0.3 is 0 Å². The summed E-state index contributed by atoms with van der Waals surface area (Å²) in [7, 11) is 6.18. The van der Waals surface area contributed by atoms with Crippen LogP contribution in [0.1, 0.15) is 76.4 Å². The number of benzene rings is 4. The summed E-state index contributed by atoms with van der Waals surface area (Å²) < 4.78 is 22.7. The van der Waals surface area contributed by atoms with Crippen LogP contribution in [-0.2, 0) is 10.8 Å². The topological polar surface area (TPSA) is 168 Å². The second-order valence-electron chi connectivity index (χ2n) is 15.3. The van der Waals surface area contributed by atoms with Gasteiger partial charge in [-0.2, -0.15) is 0 Å². The molecule has 6 rings (SSSR count). The van der Waals surface area contributed by atoms with E-state index in [2.05, 4.69) is 48.6 Å². The van der Waals surface area contributed by atoms with Crippen molar-refractivity contribution in [3.05, 3.63) is 143 Å². The molecule has 4 aromatic carbocycles. The van der Waals surface area contributed by atoms with Gasteiger partial charge in [0.15, 0.2) is 23.0 Å². The molecule has 314 valence electrons. The highest BCUT2D eigenvalue weighted by molar-refractivity contribution is 6.05. The van der Waals surface area contributed by atoms with Gasteiger partial charge in [-0.15, -0.1) is 0 Å². The Morgan fingerprint density at radius 3 is 1.57 bits per heavy atom. The highest BCUT2D eigenvalue weighted by Crippen LogP contribution is 2.31. The van der Waals surface area contributed by atoms with Crippen LogP contribution in [0.3, 0.4) is 0 Å². The van der Waals surface area contributed by atoms with Crippen LogP contribution < -0.4 is 40.6 Å². The van der Waals surface area contributed by atoms with Crippen molar-refractivity contribution in [1.82, 2.24) is 14.7 Å². The number of carbonyl (C=O) groups excluding carboxylic acids is 3. The molecule has 0 radical (unpaired) electrons. The Kier molecular flexibility index (Phi) is 14.5. The summed E-state index contributed by atoms with van der Waals surface area (Å²) in [6.45, 7) is 9.51. The third-order valence-corrected chi connectivity index (χ3v) is 10.3. The maximum atomic E-state index is 12.7. The number of hydrogen-bond acceptors (Lipinski definition) is 9. The van der Waals surface area contributed by atoms with Crippen LogP contribution in [0.15, 0.2) is 116 Å². The van der Waals surface area contributed by atoms with Crippen LogP contribution in [0.4, 0.5) is 11.4 Å². The summed E-state index contributed by atoms with van der Waals surface area (Å²) >= 11 is 0. The first-order chi connectivity index (χ1) is 28.7. The first-order valence-electron chi connectivity index (χ1n) is 19.4. The number of hydrogen-bond donors (Lipinski definition) is 4. The number of amides is 3. The molecule has 0 spiro atoms. The predicted octanol–water partition coefficient (Wildman–Crippen LogP) is 7.89. The van der Waals surface area contributed by atoms with Gasteiger partial charge in [0.1, 0.15) is 11.3 Å². The lowest BCUT2D eigenvalue weighted by Crippen LogP contribution is -2.30. The molecule has 0 saturated heterocycles. The third kappa shape index (κ3) is 10.8. The molecule has 6 aromatic rings. The van der Waals surface area contributed by atoms with Crippen molar-refractivity contribution in [2.24, 2.45) is 5.73 Å². The summed E-state index contributed by atoms with van der Waals surface area (Å²) in [6, 6.07) is 31.2. The average molecular weight is 815 g/mol. The molecule has 0 atom stereocenters. The predicted molar refractivity (Wildman–Crippen MR) is 235 cm³/mol. The molecule has 0 unspecified atom stereocenters. The van der Waals surface area contributed by atoms with Gasteiger partial charge in [-0.05, 0) is 95.8 Å². The second-order valence-corrected chi connectivity index (χ2v) is 15.3. The number of fused-ring (bicyclic) bond motifs is 1. The van der Waals surface area contributed by atoms with Crippen LogP contribution in [0.25, 0.3) is 5.65 Å². The maximum Gasteiger partial charge on any atom is 0.269 e. The van der Waals surface area contributed by atoms with E-state index < -0.39 is 0 Å². The van der Waals surface area contributed by atoms with Crippen LogP contribution >= 0.6 is 0 Å². The molecule has 0 fully saturated rings. The zero-order valence-corrected chi connectivity index (χ0v) is 35.4. The Balaban J connectivity index is 0.000000247. The van der Waals surface area contributed by atoms with Gasteiger partial charge in [-0.3, -0.25) is 18.8 Å². The first-order valence-corrected chi connectivity index (χ1v) is 19.4. The van der Waals surface area contributed by atoms with E-state index in [0.717, 1.165) is 28.9 Å². The normalized spacial score (nSPS) is 11.2. The summed E-state index contributed by atoms with van der Waals surface area (Å²) in [5.74, 6) is 1.57. The lowest BCUT2D eigenvalue weighted by molar-refractivity contribution is 0.0943. The van der Waals surface area contributed by atoms with Crippen LogP contribution in [-0.4, -0.2) is 68.6 Å². The van der Waals surface area contributed by atoms with Gasteiger partial charge in [-0.25, -0.2) is 4.98 Å². The zero-order chi connectivity index (χ0) is 43.5. The molecular weight excluding hydrogens is 761 g/mol. The molecule has 0 aliphatic carbocycles. The van der Waals surface area contributed by atoms with Crippen molar-refractivity contribution in [2.75, 3.05) is 52.2 Å². The number of nitrogens with one attached hydrogen (secondary N) is 3. The number of pyridine rings is 1. The largest absolute Gasteiger partial charge is 0.493 e. The van der Waals surface area contributed by atoms with E-state index in [0.29, 0.717) is 58.6 Å². The minimum Gasteiger partial charge on any atom is -0.493 e. The Bertz CT molecular complexity index is 2410. The Hall–Kier alpha value is -6.86. The van der Waals surface area contributed by atoms with Crippen LogP contribution in [0, 0.1) is 0 Å². The number of rotatable bonds is 15. The van der Waals surface area contributed by atoms with Gasteiger partial charge in [0.2, 0.25) is 0 Å². The molecule has 13 nitrogen and oxygen atoms in total. The van der Waals surface area contributed by atoms with Gasteiger partial charge in [0, 0.05) is 47.2 Å². The van der Waals surface area contributed by atoms with Crippen molar-refractivity contribution in [1.29, 1.82) is 0 Å². The number of nitrogens with zero attached hydrogens (tertiary/aromatic N) is 2. The minimum atomic E-state index is -0.238. The van der Waals surface area contributed by atoms with Gasteiger partial charge in [0.25, 0.3) is 17.7 Å². The molecular formula is C47H54N6O7. The molecule has 2 aromatic heterocycles. The monoisotopic (exact) mass is 814 g/mol. The number of nitrogens with two attached hydrogens (primary N) is 1. The van der Waals surface area contributed by atoms with E-state index in [4.69, 9.17) is 24.7 Å². The van der Waals surface area contributed by atoms with Crippen molar-refractivity contribution in [3.8, 4) is 23.0 Å². The number of carbonyl (C=O) groups is 3. The standard InChI is InChI=1S/C28H30N4O4.C19H24N2O3/c1-28(2,14-15-29-27(34)22-18-30-25-7-5-6-16-32(22)25)20-9-11-21(12-10-20)31-26(33)19-8-13-23(35-3)24(17-19)36-4;1-19(2,12-20)14-6-8-15(9-7-14)21-18(22)13-5-10-16(23-3)17(11-13)24-4/h5-13,16-18H,14-15H2,1-4H3,(H,29,34)(H,31,33);5-11H,12,20H2,1-4H3,(H,21,22). The van der Waals surface area contributed by atoms with Gasteiger partial charge in [-0.1, -0.05) is 58.0 Å². The van der Waals surface area contributed by atoms with Crippen LogP contribution in [0.2, 0.25) is 0 Å². The quantitative estimate of drug-likeness (QED) is 0.0806. The third-order valence-electron chi connectivity index (χ3n) is 10.3. The molecule has 0 aliphatic rings. The summed E-state index contributed by atoms with van der Waals surface area (Å²) in [5, 5.41) is 8.79. The SMILES string of the molecule is COc1ccc(C(=O)Nc2ccc(C(C)(C)CCNC(=O)c3cnc4ccccn34)cc2)cc1OC.COc1ccc(C(=O)Nc2ccc(C(C)(C)CN)cc2)cc1OC. The number of imidazole rings is 1. The first kappa shape index (κ1) is 44.2. The van der Waals surface area contributed by atoms with Crippen LogP contribution in [0.5, 0.6) is 23.0 Å². The molecule has 2 heterocycles. The highest BCUT2D eigenvalue weighted by Gasteiger charge is 2.22. The second kappa shape index (κ2) is 19.7. The lowest BCUT2D eigenvalue weighted by atomic mass is 9.81. The van der Waals surface area contributed by atoms with Gasteiger partial charge in [0.05, 0.1) is 34.6 Å². The Morgan fingerprint density at radius 1 is 0.617 bits per heavy atom. The average Bonchev–Trinajstić information content (AvgIpc) is 3.71. The summed E-state index contributed by atoms with van der Waals surface area (Å²) in [5.41, 5.74) is 11.4. The molecule has 0 aliphatic heterocycles. The smallest absolute Gasteiger partial charge is 0.269 e. The molecule has 60 heavy (non-hydrogen) atoms. The van der Waals surface area contributed by atoms with Crippen molar-refractivity contribution >= 4 is 34.7 Å². The number of ether oxygens (including phenoxy) is 4. The fraction of sp³-hybridized carbons (Fsp3) is 0.277. The Labute approximate surface area is 351 Å². The summed E-state index contributed by atoms with van der Waals surface area (Å²) in [4.78, 5) is 42.0. The van der Waals surface area contributed by atoms with Crippen molar-refractivity contribution < 1.29 is 33.3 Å². The van der Waals surface area contributed by atoms with E-state index in [1.807, 2.05) is 72.9 Å². The molecule has 5 N–H and O–H groups in total. The van der Waals surface area contributed by atoms with E-state index in [1.54, 1.807) is 61.2 Å². The van der Waals surface area contributed by atoms with E-state index in [9.17, 15) is 14.4 Å². The highest BCUT2D eigenvalue weighted by atomic mass is 16.5. The van der Waals surface area contributed by atoms with E-state index >= 15 is 0 Å². The number of anilines is 2. The molecule has 13 heteroatoms. The van der Waals surface area contributed by atoms with E-state index in [-0.39, 0.29) is 28.6 Å². The fourth-order valence-corrected chi connectivity index (χ4v) is 6.31. The number of aromatic nitrogens is 2.